The van der Waals surface area contributed by atoms with Gasteiger partial charge in [0.1, 0.15) is 11.6 Å². The topological polar surface area (TPSA) is 100 Å². The van der Waals surface area contributed by atoms with Gasteiger partial charge in [0.2, 0.25) is 0 Å². The van der Waals surface area contributed by atoms with E-state index in [1.54, 1.807) is 7.05 Å². The number of pyridine rings is 1. The van der Waals surface area contributed by atoms with Crippen molar-refractivity contribution in [2.24, 2.45) is 5.41 Å². The van der Waals surface area contributed by atoms with Crippen molar-refractivity contribution in [1.82, 2.24) is 4.98 Å². The lowest BCUT2D eigenvalue weighted by atomic mass is 9.74. The minimum Gasteiger partial charge on any atom is -0.396 e. The van der Waals surface area contributed by atoms with E-state index in [-0.39, 0.29) is 17.7 Å². The molecule has 7 heteroatoms. The van der Waals surface area contributed by atoms with Crippen LogP contribution >= 0.6 is 0 Å². The molecule has 2 rings (SSSR count). The second-order valence-electron chi connectivity index (χ2n) is 5.68. The number of anilines is 2. The Morgan fingerprint density at radius 2 is 2.00 bits per heavy atom. The molecule has 1 aliphatic rings. The second-order valence-corrected chi connectivity index (χ2v) is 5.68. The second kappa shape index (κ2) is 6.71. The molecule has 0 radical (unpaired) electrons. The van der Waals surface area contributed by atoms with Crippen LogP contribution in [0.3, 0.4) is 0 Å². The highest BCUT2D eigenvalue weighted by Crippen LogP contribution is 2.36. The van der Waals surface area contributed by atoms with E-state index >= 15 is 0 Å². The third kappa shape index (κ3) is 3.81. The van der Waals surface area contributed by atoms with Crippen molar-refractivity contribution in [2.75, 3.05) is 30.8 Å². The van der Waals surface area contributed by atoms with Crippen LogP contribution in [0, 0.1) is 15.5 Å². The van der Waals surface area contributed by atoms with Crippen LogP contribution in [0.15, 0.2) is 12.1 Å². The fourth-order valence-corrected chi connectivity index (χ4v) is 2.81. The molecule has 7 nitrogen and oxygen atoms in total. The lowest BCUT2D eigenvalue weighted by Crippen LogP contribution is -2.35. The van der Waals surface area contributed by atoms with E-state index in [1.807, 2.05) is 0 Å². The molecule has 3 N–H and O–H groups in total. The summed E-state index contributed by atoms with van der Waals surface area (Å²) < 4.78 is 0. The first-order valence-corrected chi connectivity index (χ1v) is 7.27. The molecule has 1 aromatic rings. The van der Waals surface area contributed by atoms with Crippen molar-refractivity contribution in [1.29, 1.82) is 0 Å². The third-order valence-corrected chi connectivity index (χ3v) is 4.17. The largest absolute Gasteiger partial charge is 0.396 e. The summed E-state index contributed by atoms with van der Waals surface area (Å²) in [6.07, 6.45) is 5.40. The molecule has 116 valence electrons. The summed E-state index contributed by atoms with van der Waals surface area (Å²) in [5.74, 6) is 0.917. The number of aromatic nitrogens is 1. The quantitative estimate of drug-likeness (QED) is 0.550. The van der Waals surface area contributed by atoms with Crippen LogP contribution in [0.25, 0.3) is 0 Å². The van der Waals surface area contributed by atoms with Crippen molar-refractivity contribution in [2.45, 2.75) is 32.1 Å². The van der Waals surface area contributed by atoms with E-state index in [4.69, 9.17) is 0 Å². The number of aliphatic hydroxyl groups is 1. The predicted octanol–water partition coefficient (Wildman–Crippen LogP) is 2.39. The lowest BCUT2D eigenvalue weighted by molar-refractivity contribution is -0.384. The van der Waals surface area contributed by atoms with Gasteiger partial charge in [-0.2, -0.15) is 0 Å². The highest BCUT2D eigenvalue weighted by molar-refractivity contribution is 5.54. The van der Waals surface area contributed by atoms with Gasteiger partial charge in [0.05, 0.1) is 23.7 Å². The van der Waals surface area contributed by atoms with Gasteiger partial charge in [-0.3, -0.25) is 10.1 Å². The zero-order valence-corrected chi connectivity index (χ0v) is 12.3. The van der Waals surface area contributed by atoms with Crippen molar-refractivity contribution in [3.8, 4) is 0 Å². The molecule has 21 heavy (non-hydrogen) atoms. The summed E-state index contributed by atoms with van der Waals surface area (Å²) in [7, 11) is 1.67. The van der Waals surface area contributed by atoms with Gasteiger partial charge in [-0.1, -0.05) is 19.3 Å². The Bertz CT molecular complexity index is 501. The smallest absolute Gasteiger partial charge is 0.276 e. The Morgan fingerprint density at radius 1 is 1.33 bits per heavy atom. The first-order valence-electron chi connectivity index (χ1n) is 7.27. The van der Waals surface area contributed by atoms with Gasteiger partial charge in [-0.15, -0.1) is 0 Å². The van der Waals surface area contributed by atoms with Crippen molar-refractivity contribution in [3.63, 3.8) is 0 Å². The van der Waals surface area contributed by atoms with Gasteiger partial charge in [-0.05, 0) is 12.8 Å². The SMILES string of the molecule is CNc1cc([N+](=O)[O-])cc(NCC2(CO)CCCCC2)n1. The van der Waals surface area contributed by atoms with E-state index in [0.29, 0.717) is 18.2 Å². The van der Waals surface area contributed by atoms with Gasteiger partial charge in [0, 0.05) is 19.0 Å². The Hall–Kier alpha value is -1.89. The van der Waals surface area contributed by atoms with Gasteiger partial charge in [0.15, 0.2) is 0 Å². The van der Waals surface area contributed by atoms with Crippen LogP contribution in [-0.4, -0.2) is 35.2 Å². The Labute approximate surface area is 123 Å². The summed E-state index contributed by atoms with van der Waals surface area (Å²) in [6.45, 7) is 0.717. The van der Waals surface area contributed by atoms with E-state index in [2.05, 4.69) is 15.6 Å². The fourth-order valence-electron chi connectivity index (χ4n) is 2.81. The number of hydrogen-bond acceptors (Lipinski definition) is 6. The van der Waals surface area contributed by atoms with Gasteiger partial charge >= 0.3 is 0 Å². The zero-order valence-electron chi connectivity index (χ0n) is 12.3. The van der Waals surface area contributed by atoms with Crippen molar-refractivity contribution >= 4 is 17.3 Å². The summed E-state index contributed by atoms with van der Waals surface area (Å²) in [5.41, 5.74) is -0.136. The molecule has 1 saturated carbocycles. The maximum atomic E-state index is 10.9. The van der Waals surface area contributed by atoms with Gasteiger partial charge < -0.3 is 15.7 Å². The molecular weight excluding hydrogens is 272 g/mol. The number of nitrogens with zero attached hydrogens (tertiary/aromatic N) is 2. The van der Waals surface area contributed by atoms with Crippen molar-refractivity contribution < 1.29 is 10.0 Å². The molecule has 0 aliphatic heterocycles. The Kier molecular flexibility index (Phi) is 4.95. The third-order valence-electron chi connectivity index (χ3n) is 4.17. The molecule has 1 fully saturated rings. The molecule has 1 aliphatic carbocycles. The van der Waals surface area contributed by atoms with Crippen LogP contribution in [0.2, 0.25) is 0 Å². The average Bonchev–Trinajstić information content (AvgIpc) is 2.53. The van der Waals surface area contributed by atoms with Crippen molar-refractivity contribution in [3.05, 3.63) is 22.2 Å². The zero-order chi connectivity index (χ0) is 15.3. The van der Waals surface area contributed by atoms with Gasteiger partial charge in [0.25, 0.3) is 5.69 Å². The standard InChI is InChI=1S/C14H22N4O3/c1-15-12-7-11(18(20)21)8-13(17-12)16-9-14(10-19)5-3-2-4-6-14/h7-8,19H,2-6,9-10H2,1H3,(H2,15,16,17). The summed E-state index contributed by atoms with van der Waals surface area (Å²) >= 11 is 0. The Balaban J connectivity index is 2.11. The van der Waals surface area contributed by atoms with E-state index in [9.17, 15) is 15.2 Å². The molecule has 0 atom stereocenters. The Morgan fingerprint density at radius 3 is 2.57 bits per heavy atom. The van der Waals surface area contributed by atoms with Gasteiger partial charge in [-0.25, -0.2) is 4.98 Å². The predicted molar refractivity (Wildman–Crippen MR) is 81.5 cm³/mol. The number of rotatable bonds is 6. The average molecular weight is 294 g/mol. The molecule has 0 aromatic carbocycles. The first-order chi connectivity index (χ1) is 10.1. The normalized spacial score (nSPS) is 17.2. The molecule has 0 saturated heterocycles. The monoisotopic (exact) mass is 294 g/mol. The lowest BCUT2D eigenvalue weighted by Gasteiger charge is -2.35. The maximum Gasteiger partial charge on any atom is 0.276 e. The van der Waals surface area contributed by atoms with Crippen LogP contribution in [0.4, 0.5) is 17.3 Å². The molecule has 1 aromatic heterocycles. The number of hydrogen-bond donors (Lipinski definition) is 3. The first kappa shape index (κ1) is 15.5. The summed E-state index contributed by atoms with van der Waals surface area (Å²) in [5, 5.41) is 26.6. The molecule has 1 heterocycles. The van der Waals surface area contributed by atoms with Crippen LogP contribution in [-0.2, 0) is 0 Å². The number of nitrogens with one attached hydrogen (secondary N) is 2. The molecule has 0 bridgehead atoms. The van der Waals surface area contributed by atoms with Crippen LogP contribution in [0.5, 0.6) is 0 Å². The fraction of sp³-hybridized carbons (Fsp3) is 0.643. The summed E-state index contributed by atoms with van der Waals surface area (Å²) in [4.78, 5) is 14.8. The molecule has 0 amide bonds. The molecule has 0 spiro atoms. The van der Waals surface area contributed by atoms with Crippen LogP contribution in [0.1, 0.15) is 32.1 Å². The number of nitro groups is 1. The highest BCUT2D eigenvalue weighted by Gasteiger charge is 2.31. The molecule has 0 unspecified atom stereocenters. The van der Waals surface area contributed by atoms with E-state index in [0.717, 1.165) is 25.7 Å². The molecular formula is C14H22N4O3. The minimum absolute atomic E-state index is 0.00135. The van der Waals surface area contributed by atoms with E-state index < -0.39 is 4.92 Å². The minimum atomic E-state index is -0.434. The summed E-state index contributed by atoms with van der Waals surface area (Å²) in [6, 6.07) is 2.82. The highest BCUT2D eigenvalue weighted by atomic mass is 16.6. The number of aliphatic hydroxyl groups excluding tert-OH is 1. The maximum absolute atomic E-state index is 10.9. The van der Waals surface area contributed by atoms with E-state index in [1.165, 1.54) is 18.6 Å². The van der Waals surface area contributed by atoms with Crippen LogP contribution < -0.4 is 10.6 Å².